The largest absolute Gasteiger partial charge is 0.480 e. The van der Waals surface area contributed by atoms with Crippen LogP contribution < -0.4 is 31.9 Å². The first-order chi connectivity index (χ1) is 34.1. The maximum atomic E-state index is 14.1. The van der Waals surface area contributed by atoms with Crippen LogP contribution in [0.1, 0.15) is 71.9 Å². The van der Waals surface area contributed by atoms with Gasteiger partial charge in [-0.05, 0) is 50.3 Å². The quantitative estimate of drug-likeness (QED) is 0.0936. The van der Waals surface area contributed by atoms with Crippen LogP contribution in [0.4, 0.5) is 0 Å². The van der Waals surface area contributed by atoms with E-state index >= 15 is 0 Å². The lowest BCUT2D eigenvalue weighted by Gasteiger charge is -2.28. The van der Waals surface area contributed by atoms with Crippen LogP contribution in [0.2, 0.25) is 0 Å². The van der Waals surface area contributed by atoms with Crippen molar-refractivity contribution in [1.82, 2.24) is 41.8 Å². The van der Waals surface area contributed by atoms with Gasteiger partial charge in [-0.1, -0.05) is 107 Å². The molecule has 2 aromatic carbocycles. The summed E-state index contributed by atoms with van der Waals surface area (Å²) in [4.78, 5) is 126. The van der Waals surface area contributed by atoms with Crippen molar-refractivity contribution in [3.8, 4) is 0 Å². The third-order valence-corrected chi connectivity index (χ3v) is 12.8. The van der Waals surface area contributed by atoms with Crippen LogP contribution in [-0.2, 0) is 60.7 Å². The molecule has 1 aliphatic heterocycles. The van der Waals surface area contributed by atoms with Gasteiger partial charge in [-0.3, -0.25) is 33.6 Å². The highest BCUT2D eigenvalue weighted by Gasteiger charge is 2.37. The highest BCUT2D eigenvalue weighted by Crippen LogP contribution is 2.21. The fraction of sp³-hybridized carbons (Fsp3) is 0.442. The van der Waals surface area contributed by atoms with Crippen LogP contribution in [-0.4, -0.2) is 130 Å². The minimum Gasteiger partial charge on any atom is -0.480 e. The number of rotatable bonds is 12. The number of hydrogen-bond acceptors (Lipinski definition) is 10. The fourth-order valence-electron chi connectivity index (χ4n) is 8.06. The molecule has 1 saturated heterocycles. The molecule has 9 N–H and O–H groups in total. The van der Waals surface area contributed by atoms with Crippen LogP contribution in [0.25, 0.3) is 10.9 Å². The second kappa shape index (κ2) is 26.6. The second-order valence-electron chi connectivity index (χ2n) is 18.2. The zero-order valence-corrected chi connectivity index (χ0v) is 41.9. The van der Waals surface area contributed by atoms with Gasteiger partial charge in [-0.2, -0.15) is 0 Å². The summed E-state index contributed by atoms with van der Waals surface area (Å²) in [5.41, 5.74) is 2.68. The number of aliphatic carboxylic acids is 2. The SMILES string of the molecule is C=C1C(=O)N[C@H](C)C(=O)N[C@H](Cc2c[nH]c3ccccc23)C(=O)N[C@@H](C(=O)O)[C@H](C)C(=O)N[C@@H](CC)C(=O)N[C@@H](C=CC(C)=C[C@H](C)[C@H](Cc2ccccc2)OC)[C@H](C)C(=O)N[C@@H](C(=O)O)CCC(=O)N1C. The Bertz CT molecular complexity index is 2540. The third-order valence-electron chi connectivity index (χ3n) is 12.8. The Kier molecular flexibility index (Phi) is 21.0. The summed E-state index contributed by atoms with van der Waals surface area (Å²) in [6.45, 7) is 13.1. The lowest BCUT2D eigenvalue weighted by atomic mass is 9.94. The number of carboxylic acids is 2. The number of amides is 7. The van der Waals surface area contributed by atoms with Gasteiger partial charge in [0, 0.05) is 50.0 Å². The lowest BCUT2D eigenvalue weighted by molar-refractivity contribution is -0.146. The van der Waals surface area contributed by atoms with Gasteiger partial charge in [0.15, 0.2) is 0 Å². The van der Waals surface area contributed by atoms with Gasteiger partial charge in [-0.25, -0.2) is 9.59 Å². The maximum absolute atomic E-state index is 14.1. The number of para-hydroxylation sites is 1. The predicted molar refractivity (Wildman–Crippen MR) is 267 cm³/mol. The molecule has 7 amide bonds. The average molecular weight is 997 g/mol. The normalized spacial score (nSPS) is 25.2. The van der Waals surface area contributed by atoms with Crippen molar-refractivity contribution in [2.24, 2.45) is 17.8 Å². The molecule has 0 bridgehead atoms. The smallest absolute Gasteiger partial charge is 0.327 e. The van der Waals surface area contributed by atoms with Gasteiger partial charge < -0.3 is 56.7 Å². The molecule has 1 aromatic heterocycles. The molecule has 3 aromatic rings. The number of ether oxygens (including phenoxy) is 1. The summed E-state index contributed by atoms with van der Waals surface area (Å²) >= 11 is 0. The number of likely N-dealkylation sites (N-methyl/N-ethyl adjacent to an activating group) is 1. The Morgan fingerprint density at radius 3 is 2.07 bits per heavy atom. The standard InChI is InChI=1S/C52H68N8O12/c1-10-37-49(66)56-38(21-20-28(2)24-29(3)42(72-9)25-34-16-12-11-13-17-34)30(4)45(62)57-40(51(68)69)22-23-43(61)60(8)33(7)48(65)54-32(6)47(64)58-41(26-35-27-53-39-19-15-14-18-36(35)39)50(67)59-44(52(70)71)31(5)46(63)55-37/h11-21,24,27,29-32,37-38,40-42,44,53H,7,10,22-23,25-26H2,1-6,8-9H3,(H,54,65)(H,55,63)(H,56,66)(H,57,62)(H,58,64)(H,59,67)(H,68,69)(H,70,71)/t29-,30-,31-,32+,37-,38-,40+,41+,42-,44+/m0/s1. The zero-order chi connectivity index (χ0) is 53.4. The number of carbonyl (C=O) groups excluding carboxylic acids is 7. The van der Waals surface area contributed by atoms with E-state index in [0.717, 1.165) is 16.0 Å². The van der Waals surface area contributed by atoms with E-state index in [9.17, 15) is 53.4 Å². The van der Waals surface area contributed by atoms with Crippen molar-refractivity contribution in [1.29, 1.82) is 0 Å². The summed E-state index contributed by atoms with van der Waals surface area (Å²) in [7, 11) is 2.84. The van der Waals surface area contributed by atoms with Crippen molar-refractivity contribution in [2.45, 2.75) is 116 Å². The van der Waals surface area contributed by atoms with Crippen molar-refractivity contribution in [3.63, 3.8) is 0 Å². The van der Waals surface area contributed by atoms with Crippen LogP contribution in [0.15, 0.2) is 96.9 Å². The predicted octanol–water partition coefficient (Wildman–Crippen LogP) is 2.65. The van der Waals surface area contributed by atoms with E-state index in [1.54, 1.807) is 56.6 Å². The van der Waals surface area contributed by atoms with E-state index in [1.807, 2.05) is 50.3 Å². The molecule has 388 valence electrons. The minimum absolute atomic E-state index is 0.00883. The van der Waals surface area contributed by atoms with Gasteiger partial charge in [0.1, 0.15) is 35.9 Å². The molecule has 2 heterocycles. The van der Waals surface area contributed by atoms with Crippen LogP contribution >= 0.6 is 0 Å². The van der Waals surface area contributed by atoms with Crippen molar-refractivity contribution in [2.75, 3.05) is 14.2 Å². The molecule has 0 radical (unpaired) electrons. The highest BCUT2D eigenvalue weighted by molar-refractivity contribution is 6.00. The van der Waals surface area contributed by atoms with Gasteiger partial charge in [0.25, 0.3) is 5.91 Å². The first kappa shape index (κ1) is 57.0. The van der Waals surface area contributed by atoms with Crippen molar-refractivity contribution < 1.29 is 58.1 Å². The molecule has 0 unspecified atom stereocenters. The Labute approximate surface area is 418 Å². The Morgan fingerprint density at radius 1 is 0.806 bits per heavy atom. The number of nitrogens with one attached hydrogen (secondary N) is 7. The zero-order valence-electron chi connectivity index (χ0n) is 41.9. The number of hydrogen-bond donors (Lipinski definition) is 9. The number of fused-ring (bicyclic) bond motifs is 1. The Morgan fingerprint density at radius 2 is 1.43 bits per heavy atom. The summed E-state index contributed by atoms with van der Waals surface area (Å²) in [6.07, 6.45) is 6.17. The molecule has 20 nitrogen and oxygen atoms in total. The van der Waals surface area contributed by atoms with Gasteiger partial charge in [-0.15, -0.1) is 0 Å². The van der Waals surface area contributed by atoms with Crippen LogP contribution in [0.3, 0.4) is 0 Å². The number of benzene rings is 2. The van der Waals surface area contributed by atoms with Crippen LogP contribution in [0.5, 0.6) is 0 Å². The summed E-state index contributed by atoms with van der Waals surface area (Å²) in [5, 5.41) is 36.4. The summed E-state index contributed by atoms with van der Waals surface area (Å²) in [5.74, 6) is -11.9. The van der Waals surface area contributed by atoms with Crippen molar-refractivity contribution in [3.05, 3.63) is 108 Å². The molecular weight excluding hydrogens is 929 g/mol. The highest BCUT2D eigenvalue weighted by atomic mass is 16.5. The molecule has 10 atom stereocenters. The third kappa shape index (κ3) is 15.7. The molecule has 1 fully saturated rings. The molecular formula is C52H68N8O12. The molecule has 4 rings (SSSR count). The fourth-order valence-corrected chi connectivity index (χ4v) is 8.06. The van der Waals surface area contributed by atoms with E-state index < -0.39 is 120 Å². The van der Waals surface area contributed by atoms with E-state index in [4.69, 9.17) is 4.74 Å². The Balaban J connectivity index is 1.71. The van der Waals surface area contributed by atoms with E-state index in [1.165, 1.54) is 27.8 Å². The lowest BCUT2D eigenvalue weighted by Crippen LogP contribution is -2.59. The van der Waals surface area contributed by atoms with E-state index in [-0.39, 0.29) is 24.9 Å². The first-order valence-electron chi connectivity index (χ1n) is 23.8. The number of carboxylic acid groups (broad SMARTS) is 2. The van der Waals surface area contributed by atoms with E-state index in [2.05, 4.69) is 43.5 Å². The molecule has 20 heteroatoms. The number of H-pyrrole nitrogens is 1. The Hall–Kier alpha value is -7.61. The summed E-state index contributed by atoms with van der Waals surface area (Å²) < 4.78 is 5.81. The number of carbonyl (C=O) groups is 9. The minimum atomic E-state index is -1.88. The van der Waals surface area contributed by atoms with Crippen LogP contribution in [0, 0.1) is 17.8 Å². The molecule has 0 spiro atoms. The molecule has 0 saturated carbocycles. The van der Waals surface area contributed by atoms with Crippen molar-refractivity contribution >= 4 is 64.2 Å². The summed E-state index contributed by atoms with van der Waals surface area (Å²) in [6, 6.07) is 8.21. The number of nitrogens with zero attached hydrogens (tertiary/aromatic N) is 1. The van der Waals surface area contributed by atoms with Gasteiger partial charge >= 0.3 is 11.9 Å². The molecule has 0 aliphatic carbocycles. The number of methoxy groups -OCH3 is 1. The molecule has 72 heavy (non-hydrogen) atoms. The molecule has 1 aliphatic rings. The topological polar surface area (TPSA) is 295 Å². The second-order valence-corrected chi connectivity index (χ2v) is 18.2. The monoisotopic (exact) mass is 996 g/mol. The number of aromatic nitrogens is 1. The average Bonchev–Trinajstić information content (AvgIpc) is 3.76. The maximum Gasteiger partial charge on any atom is 0.327 e. The first-order valence-corrected chi connectivity index (χ1v) is 23.8. The van der Waals surface area contributed by atoms with E-state index in [0.29, 0.717) is 22.9 Å². The van der Waals surface area contributed by atoms with Gasteiger partial charge in [0.05, 0.1) is 24.0 Å². The number of allylic oxidation sites excluding steroid dienone is 2. The number of aromatic amines is 1. The van der Waals surface area contributed by atoms with Gasteiger partial charge in [0.2, 0.25) is 35.4 Å².